The standard InChI is InChI=1S/C15H22N2O4/c1-4-20-10-9-14(18)16-17-15(19)12-7-5-6-8-13(12)21-11(2)3/h5-8,11H,4,9-10H2,1-3H3,(H,16,18)(H,17,19). The average molecular weight is 294 g/mol. The van der Waals surface area contributed by atoms with Crippen molar-refractivity contribution >= 4 is 11.8 Å². The van der Waals surface area contributed by atoms with Crippen LogP contribution in [0.1, 0.15) is 37.6 Å². The first-order valence-corrected chi connectivity index (χ1v) is 6.97. The minimum absolute atomic E-state index is 0.0419. The van der Waals surface area contributed by atoms with E-state index in [9.17, 15) is 9.59 Å². The van der Waals surface area contributed by atoms with Gasteiger partial charge in [0.05, 0.1) is 24.7 Å². The molecule has 0 radical (unpaired) electrons. The van der Waals surface area contributed by atoms with Crippen molar-refractivity contribution in [3.63, 3.8) is 0 Å². The number of hydrazine groups is 1. The zero-order chi connectivity index (χ0) is 15.7. The maximum Gasteiger partial charge on any atom is 0.273 e. The molecule has 1 rings (SSSR count). The van der Waals surface area contributed by atoms with Crippen molar-refractivity contribution < 1.29 is 19.1 Å². The Hall–Kier alpha value is -2.08. The Morgan fingerprint density at radius 3 is 2.57 bits per heavy atom. The minimum atomic E-state index is -0.420. The zero-order valence-electron chi connectivity index (χ0n) is 12.6. The second-order valence-electron chi connectivity index (χ2n) is 4.61. The highest BCUT2D eigenvalue weighted by atomic mass is 16.5. The van der Waals surface area contributed by atoms with E-state index in [0.717, 1.165) is 0 Å². The van der Waals surface area contributed by atoms with E-state index in [-0.39, 0.29) is 18.4 Å². The monoisotopic (exact) mass is 294 g/mol. The molecule has 6 heteroatoms. The normalized spacial score (nSPS) is 10.3. The van der Waals surface area contributed by atoms with Gasteiger partial charge in [-0.25, -0.2) is 0 Å². The summed E-state index contributed by atoms with van der Waals surface area (Å²) >= 11 is 0. The van der Waals surface area contributed by atoms with Gasteiger partial charge >= 0.3 is 0 Å². The average Bonchev–Trinajstić information content (AvgIpc) is 2.45. The molecular formula is C15H22N2O4. The Bertz CT molecular complexity index is 474. The maximum absolute atomic E-state index is 12.0. The molecule has 6 nitrogen and oxygen atoms in total. The van der Waals surface area contributed by atoms with Crippen molar-refractivity contribution in [3.05, 3.63) is 29.8 Å². The van der Waals surface area contributed by atoms with Crippen molar-refractivity contribution in [1.82, 2.24) is 10.9 Å². The smallest absolute Gasteiger partial charge is 0.273 e. The molecule has 21 heavy (non-hydrogen) atoms. The van der Waals surface area contributed by atoms with Crippen molar-refractivity contribution in [2.75, 3.05) is 13.2 Å². The van der Waals surface area contributed by atoms with Crippen LogP contribution in [-0.2, 0) is 9.53 Å². The molecule has 1 aromatic carbocycles. The SMILES string of the molecule is CCOCCC(=O)NNC(=O)c1ccccc1OC(C)C. The third kappa shape index (κ3) is 6.27. The van der Waals surface area contributed by atoms with E-state index in [0.29, 0.717) is 24.5 Å². The van der Waals surface area contributed by atoms with Crippen LogP contribution in [0.4, 0.5) is 0 Å². The summed E-state index contributed by atoms with van der Waals surface area (Å²) in [5.41, 5.74) is 5.08. The van der Waals surface area contributed by atoms with Gasteiger partial charge < -0.3 is 9.47 Å². The molecule has 0 aliphatic rings. The Labute approximate surface area is 124 Å². The summed E-state index contributed by atoms with van der Waals surface area (Å²) in [7, 11) is 0. The lowest BCUT2D eigenvalue weighted by molar-refractivity contribution is -0.122. The summed E-state index contributed by atoms with van der Waals surface area (Å²) in [6.07, 6.45) is 0.151. The van der Waals surface area contributed by atoms with E-state index in [4.69, 9.17) is 9.47 Å². The van der Waals surface area contributed by atoms with E-state index in [2.05, 4.69) is 10.9 Å². The lowest BCUT2D eigenvalue weighted by Crippen LogP contribution is -2.42. The van der Waals surface area contributed by atoms with Crippen LogP contribution in [0.15, 0.2) is 24.3 Å². The highest BCUT2D eigenvalue weighted by molar-refractivity contribution is 5.97. The van der Waals surface area contributed by atoms with Gasteiger partial charge in [-0.2, -0.15) is 0 Å². The highest BCUT2D eigenvalue weighted by Gasteiger charge is 2.13. The highest BCUT2D eigenvalue weighted by Crippen LogP contribution is 2.18. The Morgan fingerprint density at radius 2 is 1.90 bits per heavy atom. The van der Waals surface area contributed by atoms with Crippen LogP contribution < -0.4 is 15.6 Å². The zero-order valence-corrected chi connectivity index (χ0v) is 12.6. The molecule has 0 spiro atoms. The molecule has 2 N–H and O–H groups in total. The predicted octanol–water partition coefficient (Wildman–Crippen LogP) is 1.66. The summed E-state index contributed by atoms with van der Waals surface area (Å²) in [6, 6.07) is 6.87. The number of benzene rings is 1. The number of carbonyl (C=O) groups excluding carboxylic acids is 2. The number of amides is 2. The Kier molecular flexibility index (Phi) is 7.25. The molecule has 0 bridgehead atoms. The van der Waals surface area contributed by atoms with Crippen LogP contribution in [0.25, 0.3) is 0 Å². The fraction of sp³-hybridized carbons (Fsp3) is 0.467. The van der Waals surface area contributed by atoms with Crippen LogP contribution in [0.2, 0.25) is 0 Å². The van der Waals surface area contributed by atoms with E-state index < -0.39 is 5.91 Å². The molecule has 0 aliphatic heterocycles. The van der Waals surface area contributed by atoms with E-state index in [1.54, 1.807) is 24.3 Å². The molecule has 1 aromatic rings. The van der Waals surface area contributed by atoms with Gasteiger partial charge in [-0.1, -0.05) is 12.1 Å². The second kappa shape index (κ2) is 8.97. The van der Waals surface area contributed by atoms with Crippen molar-refractivity contribution in [3.8, 4) is 5.75 Å². The van der Waals surface area contributed by atoms with Crippen LogP contribution in [0.3, 0.4) is 0 Å². The molecule has 0 saturated carbocycles. The topological polar surface area (TPSA) is 76.7 Å². The first kappa shape index (κ1) is 17.0. The van der Waals surface area contributed by atoms with Gasteiger partial charge in [0, 0.05) is 6.61 Å². The molecular weight excluding hydrogens is 272 g/mol. The van der Waals surface area contributed by atoms with Crippen molar-refractivity contribution in [2.24, 2.45) is 0 Å². The van der Waals surface area contributed by atoms with Crippen LogP contribution in [0.5, 0.6) is 5.75 Å². The summed E-state index contributed by atoms with van der Waals surface area (Å²) in [4.78, 5) is 23.5. The Balaban J connectivity index is 2.54. The predicted molar refractivity (Wildman–Crippen MR) is 78.9 cm³/mol. The van der Waals surface area contributed by atoms with E-state index >= 15 is 0 Å². The molecule has 0 unspecified atom stereocenters. The molecule has 2 amide bonds. The summed E-state index contributed by atoms with van der Waals surface area (Å²) in [5.74, 6) is -0.247. The van der Waals surface area contributed by atoms with Crippen LogP contribution in [0, 0.1) is 0 Å². The number of rotatable bonds is 7. The van der Waals surface area contributed by atoms with Gasteiger partial charge in [-0.05, 0) is 32.9 Å². The maximum atomic E-state index is 12.0. The van der Waals surface area contributed by atoms with E-state index in [1.807, 2.05) is 20.8 Å². The van der Waals surface area contributed by atoms with Gasteiger partial charge in [0.2, 0.25) is 5.91 Å². The molecule has 116 valence electrons. The molecule has 0 aliphatic carbocycles. The molecule has 0 heterocycles. The second-order valence-corrected chi connectivity index (χ2v) is 4.61. The van der Waals surface area contributed by atoms with Crippen molar-refractivity contribution in [1.29, 1.82) is 0 Å². The first-order valence-electron chi connectivity index (χ1n) is 6.97. The van der Waals surface area contributed by atoms with Gasteiger partial charge in [-0.3, -0.25) is 20.4 Å². The fourth-order valence-corrected chi connectivity index (χ4v) is 1.58. The fourth-order valence-electron chi connectivity index (χ4n) is 1.58. The summed E-state index contributed by atoms with van der Waals surface area (Å²) < 4.78 is 10.6. The lowest BCUT2D eigenvalue weighted by atomic mass is 10.2. The summed E-state index contributed by atoms with van der Waals surface area (Å²) in [5, 5.41) is 0. The van der Waals surface area contributed by atoms with Gasteiger partial charge in [0.25, 0.3) is 5.91 Å². The number of carbonyl (C=O) groups is 2. The number of nitrogens with one attached hydrogen (secondary N) is 2. The van der Waals surface area contributed by atoms with Gasteiger partial charge in [-0.15, -0.1) is 0 Å². The quantitative estimate of drug-likeness (QED) is 0.592. The van der Waals surface area contributed by atoms with Crippen LogP contribution >= 0.6 is 0 Å². The summed E-state index contributed by atoms with van der Waals surface area (Å²) in [6.45, 7) is 6.49. The molecule has 0 fully saturated rings. The van der Waals surface area contributed by atoms with Crippen molar-refractivity contribution in [2.45, 2.75) is 33.3 Å². The van der Waals surface area contributed by atoms with Crippen LogP contribution in [-0.4, -0.2) is 31.1 Å². The lowest BCUT2D eigenvalue weighted by Gasteiger charge is -2.14. The number of ether oxygens (including phenoxy) is 2. The molecule has 0 aromatic heterocycles. The minimum Gasteiger partial charge on any atom is -0.490 e. The largest absolute Gasteiger partial charge is 0.490 e. The first-order chi connectivity index (χ1) is 10.0. The number of hydrogen-bond donors (Lipinski definition) is 2. The number of para-hydroxylation sites is 1. The van der Waals surface area contributed by atoms with Gasteiger partial charge in [0.15, 0.2) is 0 Å². The number of hydrogen-bond acceptors (Lipinski definition) is 4. The third-order valence-corrected chi connectivity index (χ3v) is 2.49. The Morgan fingerprint density at radius 1 is 1.19 bits per heavy atom. The molecule has 0 atom stereocenters. The third-order valence-electron chi connectivity index (χ3n) is 2.49. The van der Waals surface area contributed by atoms with Gasteiger partial charge in [0.1, 0.15) is 5.75 Å². The van der Waals surface area contributed by atoms with E-state index in [1.165, 1.54) is 0 Å². The molecule has 0 saturated heterocycles.